The SMILES string of the molecule is Cc1cn2c3c(=O)n(C/C=C\c4ccccc4)c(=O)n(C)c3nc2n1Cc1ccco1. The highest BCUT2D eigenvalue weighted by Gasteiger charge is 2.20. The van der Waals surface area contributed by atoms with Gasteiger partial charge in [0, 0.05) is 25.5 Å². The van der Waals surface area contributed by atoms with E-state index in [1.807, 2.05) is 72.3 Å². The highest BCUT2D eigenvalue weighted by molar-refractivity contribution is 5.75. The van der Waals surface area contributed by atoms with Crippen LogP contribution in [0.5, 0.6) is 0 Å². The van der Waals surface area contributed by atoms with E-state index in [-0.39, 0.29) is 12.1 Å². The zero-order chi connectivity index (χ0) is 21.5. The molecule has 5 rings (SSSR count). The maximum Gasteiger partial charge on any atom is 0.332 e. The van der Waals surface area contributed by atoms with Crippen molar-refractivity contribution in [2.24, 2.45) is 7.05 Å². The van der Waals surface area contributed by atoms with Gasteiger partial charge in [0.2, 0.25) is 5.78 Å². The van der Waals surface area contributed by atoms with Crippen molar-refractivity contribution in [3.63, 3.8) is 0 Å². The van der Waals surface area contributed by atoms with Crippen LogP contribution in [-0.4, -0.2) is 23.1 Å². The monoisotopic (exact) mass is 415 g/mol. The normalized spacial score (nSPS) is 11.9. The number of nitrogens with zero attached hydrogens (tertiary/aromatic N) is 5. The van der Waals surface area contributed by atoms with Gasteiger partial charge in [0.05, 0.1) is 12.8 Å². The molecule has 0 amide bonds. The number of hydrogen-bond acceptors (Lipinski definition) is 4. The van der Waals surface area contributed by atoms with Crippen LogP contribution in [0.1, 0.15) is 17.0 Å². The fourth-order valence-corrected chi connectivity index (χ4v) is 3.83. The Bertz CT molecular complexity index is 1530. The second-order valence-corrected chi connectivity index (χ2v) is 7.46. The van der Waals surface area contributed by atoms with Crippen LogP contribution in [0.25, 0.3) is 23.0 Å². The predicted molar refractivity (Wildman–Crippen MR) is 118 cm³/mol. The van der Waals surface area contributed by atoms with Crippen LogP contribution < -0.4 is 11.2 Å². The minimum absolute atomic E-state index is 0.176. The van der Waals surface area contributed by atoms with E-state index in [2.05, 4.69) is 4.98 Å². The molecule has 4 heterocycles. The first-order valence-electron chi connectivity index (χ1n) is 9.96. The molecule has 0 fully saturated rings. The molecule has 156 valence electrons. The van der Waals surface area contributed by atoms with E-state index in [4.69, 9.17) is 4.42 Å². The molecule has 0 bridgehead atoms. The molecular formula is C23H21N5O3. The molecule has 8 nitrogen and oxygen atoms in total. The average molecular weight is 415 g/mol. The molecule has 0 spiro atoms. The summed E-state index contributed by atoms with van der Waals surface area (Å²) in [5, 5.41) is 0. The van der Waals surface area contributed by atoms with E-state index in [1.165, 1.54) is 9.13 Å². The van der Waals surface area contributed by atoms with Gasteiger partial charge in [-0.15, -0.1) is 0 Å². The molecule has 0 N–H and O–H groups in total. The molecule has 0 aliphatic heterocycles. The maximum atomic E-state index is 13.3. The summed E-state index contributed by atoms with van der Waals surface area (Å²) >= 11 is 0. The zero-order valence-electron chi connectivity index (χ0n) is 17.2. The van der Waals surface area contributed by atoms with Gasteiger partial charge in [-0.05, 0) is 24.6 Å². The summed E-state index contributed by atoms with van der Waals surface area (Å²) in [5.41, 5.74) is 1.92. The highest BCUT2D eigenvalue weighted by Crippen LogP contribution is 2.18. The first kappa shape index (κ1) is 18.9. The van der Waals surface area contributed by atoms with E-state index >= 15 is 0 Å². The Hall–Kier alpha value is -4.07. The summed E-state index contributed by atoms with van der Waals surface area (Å²) in [4.78, 5) is 30.8. The molecule has 8 heteroatoms. The summed E-state index contributed by atoms with van der Waals surface area (Å²) in [5.74, 6) is 1.37. The van der Waals surface area contributed by atoms with Crippen molar-refractivity contribution in [2.75, 3.05) is 0 Å². The number of allylic oxidation sites excluding steroid dienone is 1. The lowest BCUT2D eigenvalue weighted by molar-refractivity contribution is 0.494. The minimum Gasteiger partial charge on any atom is -0.467 e. The summed E-state index contributed by atoms with van der Waals surface area (Å²) < 4.78 is 11.8. The molecule has 0 atom stereocenters. The first-order chi connectivity index (χ1) is 15.0. The lowest BCUT2D eigenvalue weighted by Crippen LogP contribution is -2.39. The minimum atomic E-state index is -0.398. The van der Waals surface area contributed by atoms with Crippen LogP contribution in [0.3, 0.4) is 0 Å². The Morgan fingerprint density at radius 2 is 1.87 bits per heavy atom. The van der Waals surface area contributed by atoms with Gasteiger partial charge in [-0.3, -0.25) is 18.3 Å². The molecule has 0 unspecified atom stereocenters. The van der Waals surface area contributed by atoms with E-state index in [9.17, 15) is 9.59 Å². The Labute approximate surface area is 176 Å². The highest BCUT2D eigenvalue weighted by atomic mass is 16.3. The second kappa shape index (κ2) is 7.32. The van der Waals surface area contributed by atoms with Gasteiger partial charge >= 0.3 is 5.69 Å². The predicted octanol–water partition coefficient (Wildman–Crippen LogP) is 2.81. The molecule has 0 radical (unpaired) electrons. The fraction of sp³-hybridized carbons (Fsp3) is 0.174. The van der Waals surface area contributed by atoms with Gasteiger partial charge in [0.25, 0.3) is 5.56 Å². The summed E-state index contributed by atoms with van der Waals surface area (Å²) in [7, 11) is 1.64. The number of aryl methyl sites for hydroxylation is 2. The van der Waals surface area contributed by atoms with E-state index in [0.717, 1.165) is 17.0 Å². The Morgan fingerprint density at radius 3 is 2.61 bits per heavy atom. The number of imidazole rings is 2. The van der Waals surface area contributed by atoms with Gasteiger partial charge in [-0.2, -0.15) is 4.98 Å². The van der Waals surface area contributed by atoms with Crippen molar-refractivity contribution in [1.29, 1.82) is 0 Å². The number of benzene rings is 1. The van der Waals surface area contributed by atoms with Crippen LogP contribution in [0.15, 0.2) is 75.0 Å². The van der Waals surface area contributed by atoms with Gasteiger partial charge in [0.15, 0.2) is 11.2 Å². The number of aromatic nitrogens is 5. The number of furan rings is 1. The van der Waals surface area contributed by atoms with Crippen molar-refractivity contribution < 1.29 is 4.42 Å². The third-order valence-corrected chi connectivity index (χ3v) is 5.43. The van der Waals surface area contributed by atoms with Crippen molar-refractivity contribution in [3.8, 4) is 0 Å². The van der Waals surface area contributed by atoms with Crippen LogP contribution in [0.4, 0.5) is 0 Å². The Balaban J connectivity index is 1.63. The number of hydrogen-bond donors (Lipinski definition) is 0. The van der Waals surface area contributed by atoms with Crippen molar-refractivity contribution in [1.82, 2.24) is 23.1 Å². The molecule has 1 aromatic carbocycles. The molecular weight excluding hydrogens is 394 g/mol. The smallest absolute Gasteiger partial charge is 0.332 e. The van der Waals surface area contributed by atoms with Crippen LogP contribution in [0, 0.1) is 6.92 Å². The van der Waals surface area contributed by atoms with Crippen molar-refractivity contribution in [2.45, 2.75) is 20.0 Å². The molecule has 4 aromatic heterocycles. The lowest BCUT2D eigenvalue weighted by Gasteiger charge is -2.06. The van der Waals surface area contributed by atoms with E-state index in [0.29, 0.717) is 23.5 Å². The van der Waals surface area contributed by atoms with Gasteiger partial charge in [-0.25, -0.2) is 4.79 Å². The van der Waals surface area contributed by atoms with E-state index in [1.54, 1.807) is 17.7 Å². The van der Waals surface area contributed by atoms with Gasteiger partial charge in [0.1, 0.15) is 5.76 Å². The molecule has 0 saturated carbocycles. The maximum absolute atomic E-state index is 13.3. The van der Waals surface area contributed by atoms with E-state index < -0.39 is 5.69 Å². The quantitative estimate of drug-likeness (QED) is 0.442. The summed E-state index contributed by atoms with van der Waals surface area (Å²) in [6, 6.07) is 13.5. The van der Waals surface area contributed by atoms with Crippen LogP contribution in [-0.2, 0) is 20.1 Å². The summed E-state index contributed by atoms with van der Waals surface area (Å²) in [6.07, 6.45) is 7.20. The second-order valence-electron chi connectivity index (χ2n) is 7.46. The molecule has 0 aliphatic rings. The lowest BCUT2D eigenvalue weighted by atomic mass is 10.2. The standard InChI is InChI=1S/C23H21N5O3/c1-16-14-28-19-20(24-22(28)27(16)15-18-11-7-13-31-18)25(2)23(30)26(21(19)29)12-6-10-17-8-4-3-5-9-17/h3-11,13-14H,12,15H2,1-2H3/b10-6-. The van der Waals surface area contributed by atoms with Crippen LogP contribution >= 0.6 is 0 Å². The third kappa shape index (κ3) is 3.13. The Morgan fingerprint density at radius 1 is 1.06 bits per heavy atom. The molecule has 31 heavy (non-hydrogen) atoms. The van der Waals surface area contributed by atoms with Crippen molar-refractivity contribution >= 4 is 23.0 Å². The molecule has 0 saturated heterocycles. The first-order valence-corrected chi connectivity index (χ1v) is 9.96. The largest absolute Gasteiger partial charge is 0.467 e. The zero-order valence-corrected chi connectivity index (χ0v) is 17.2. The number of fused-ring (bicyclic) bond motifs is 3. The third-order valence-electron chi connectivity index (χ3n) is 5.43. The number of rotatable bonds is 5. The average Bonchev–Trinajstić information content (AvgIpc) is 3.48. The van der Waals surface area contributed by atoms with Crippen LogP contribution in [0.2, 0.25) is 0 Å². The van der Waals surface area contributed by atoms with Gasteiger partial charge < -0.3 is 8.98 Å². The van der Waals surface area contributed by atoms with Gasteiger partial charge in [-0.1, -0.05) is 42.5 Å². The Kier molecular flexibility index (Phi) is 4.47. The fourth-order valence-electron chi connectivity index (χ4n) is 3.83. The topological polar surface area (TPSA) is 79.4 Å². The van der Waals surface area contributed by atoms with Crippen molar-refractivity contribution in [3.05, 3.63) is 98.9 Å². The molecule has 0 aliphatic carbocycles. The summed E-state index contributed by atoms with van der Waals surface area (Å²) in [6.45, 7) is 2.61. The molecule has 5 aromatic rings.